The largest absolute Gasteiger partial charge is 0.395 e. The van der Waals surface area contributed by atoms with Crippen molar-refractivity contribution in [1.82, 2.24) is 14.7 Å². The Hall–Kier alpha value is -1.67. The van der Waals surface area contributed by atoms with Gasteiger partial charge in [0.25, 0.3) is 0 Å². The number of ether oxygens (including phenoxy) is 1. The van der Waals surface area contributed by atoms with Crippen LogP contribution in [0.15, 0.2) is 0 Å². The Kier molecular flexibility index (Phi) is 7.10. The van der Waals surface area contributed by atoms with Gasteiger partial charge in [-0.1, -0.05) is 0 Å². The first-order valence-electron chi connectivity index (χ1n) is 6.94. The maximum Gasteiger partial charge on any atom is 0.326 e. The normalized spacial score (nSPS) is 15.0. The average molecular weight is 301 g/mol. The SMILES string of the molecule is COCCN(CCO)C(=O)CCCN1C(=O)CN(C)C1=O. The first-order valence-corrected chi connectivity index (χ1v) is 6.94. The molecule has 1 aliphatic heterocycles. The molecule has 0 saturated carbocycles. The third-order valence-electron chi connectivity index (χ3n) is 3.29. The average Bonchev–Trinajstić information content (AvgIpc) is 2.69. The minimum Gasteiger partial charge on any atom is -0.395 e. The second-order valence-electron chi connectivity index (χ2n) is 4.88. The van der Waals surface area contributed by atoms with Crippen LogP contribution in [0.5, 0.6) is 0 Å². The summed E-state index contributed by atoms with van der Waals surface area (Å²) in [7, 11) is 3.11. The highest BCUT2D eigenvalue weighted by Gasteiger charge is 2.32. The van der Waals surface area contributed by atoms with Crippen LogP contribution in [0.2, 0.25) is 0 Å². The number of likely N-dealkylation sites (N-methyl/N-ethyl adjacent to an activating group) is 1. The zero-order chi connectivity index (χ0) is 15.8. The molecule has 0 spiro atoms. The van der Waals surface area contributed by atoms with Gasteiger partial charge in [-0.25, -0.2) is 4.79 Å². The molecule has 0 aliphatic carbocycles. The molecule has 0 bridgehead atoms. The number of hydrogen-bond acceptors (Lipinski definition) is 5. The summed E-state index contributed by atoms with van der Waals surface area (Å²) < 4.78 is 4.92. The van der Waals surface area contributed by atoms with Crippen molar-refractivity contribution in [3.8, 4) is 0 Å². The molecule has 8 nitrogen and oxygen atoms in total. The highest BCUT2D eigenvalue weighted by Crippen LogP contribution is 2.09. The number of imide groups is 1. The first-order chi connectivity index (χ1) is 10.0. The number of carbonyl (C=O) groups is 3. The Morgan fingerprint density at radius 3 is 2.62 bits per heavy atom. The summed E-state index contributed by atoms with van der Waals surface area (Å²) in [5.41, 5.74) is 0. The molecule has 1 heterocycles. The fourth-order valence-corrected chi connectivity index (χ4v) is 2.12. The third-order valence-corrected chi connectivity index (χ3v) is 3.29. The molecule has 1 rings (SSSR count). The lowest BCUT2D eigenvalue weighted by atomic mass is 10.2. The van der Waals surface area contributed by atoms with Crippen molar-refractivity contribution < 1.29 is 24.2 Å². The molecular formula is C13H23N3O5. The van der Waals surface area contributed by atoms with Crippen molar-refractivity contribution in [2.75, 3.05) is 53.6 Å². The monoisotopic (exact) mass is 301 g/mol. The van der Waals surface area contributed by atoms with Crippen molar-refractivity contribution in [1.29, 1.82) is 0 Å². The van der Waals surface area contributed by atoms with Gasteiger partial charge in [-0.05, 0) is 6.42 Å². The van der Waals surface area contributed by atoms with E-state index in [1.165, 1.54) is 14.7 Å². The van der Waals surface area contributed by atoms with Crippen LogP contribution < -0.4 is 0 Å². The van der Waals surface area contributed by atoms with Crippen molar-refractivity contribution >= 4 is 17.8 Å². The zero-order valence-electron chi connectivity index (χ0n) is 12.6. The summed E-state index contributed by atoms with van der Waals surface area (Å²) in [6.45, 7) is 1.30. The summed E-state index contributed by atoms with van der Waals surface area (Å²) in [6, 6.07) is -0.320. The minimum absolute atomic E-state index is 0.0945. The number of urea groups is 1. The fourth-order valence-electron chi connectivity index (χ4n) is 2.12. The summed E-state index contributed by atoms with van der Waals surface area (Å²) >= 11 is 0. The number of nitrogens with zero attached hydrogens (tertiary/aromatic N) is 3. The molecule has 1 N–H and O–H groups in total. The number of hydrogen-bond donors (Lipinski definition) is 1. The molecular weight excluding hydrogens is 278 g/mol. The lowest BCUT2D eigenvalue weighted by Crippen LogP contribution is -2.37. The van der Waals surface area contributed by atoms with Crippen LogP contribution in [-0.2, 0) is 14.3 Å². The molecule has 0 aromatic carbocycles. The van der Waals surface area contributed by atoms with Gasteiger partial charge in [0.15, 0.2) is 0 Å². The van der Waals surface area contributed by atoms with E-state index in [4.69, 9.17) is 9.84 Å². The highest BCUT2D eigenvalue weighted by molar-refractivity contribution is 6.01. The lowest BCUT2D eigenvalue weighted by Gasteiger charge is -2.22. The highest BCUT2D eigenvalue weighted by atomic mass is 16.5. The van der Waals surface area contributed by atoms with Crippen molar-refractivity contribution in [3.05, 3.63) is 0 Å². The van der Waals surface area contributed by atoms with Gasteiger partial charge in [0, 0.05) is 40.2 Å². The van der Waals surface area contributed by atoms with E-state index in [1.807, 2.05) is 0 Å². The van der Waals surface area contributed by atoms with E-state index < -0.39 is 0 Å². The van der Waals surface area contributed by atoms with Crippen LogP contribution in [0.25, 0.3) is 0 Å². The Balaban J connectivity index is 2.37. The van der Waals surface area contributed by atoms with Crippen molar-refractivity contribution in [2.24, 2.45) is 0 Å². The molecule has 8 heteroatoms. The van der Waals surface area contributed by atoms with E-state index in [9.17, 15) is 14.4 Å². The number of rotatable bonds is 9. The Labute approximate surface area is 124 Å². The van der Waals surface area contributed by atoms with Crippen LogP contribution in [0.1, 0.15) is 12.8 Å². The van der Waals surface area contributed by atoms with E-state index in [2.05, 4.69) is 0 Å². The predicted molar refractivity (Wildman–Crippen MR) is 74.5 cm³/mol. The van der Waals surface area contributed by atoms with E-state index in [1.54, 1.807) is 14.2 Å². The smallest absolute Gasteiger partial charge is 0.326 e. The van der Waals surface area contributed by atoms with Gasteiger partial charge >= 0.3 is 6.03 Å². The summed E-state index contributed by atoms with van der Waals surface area (Å²) in [4.78, 5) is 39.3. The van der Waals surface area contributed by atoms with Crippen LogP contribution in [0.3, 0.4) is 0 Å². The molecule has 0 radical (unpaired) electrons. The van der Waals surface area contributed by atoms with E-state index in [0.717, 1.165) is 0 Å². The number of amides is 4. The van der Waals surface area contributed by atoms with Crippen molar-refractivity contribution in [2.45, 2.75) is 12.8 Å². The molecule has 1 saturated heterocycles. The quantitative estimate of drug-likeness (QED) is 0.559. The number of carbonyl (C=O) groups excluding carboxylic acids is 3. The number of aliphatic hydroxyl groups excluding tert-OH is 1. The summed E-state index contributed by atoms with van der Waals surface area (Å²) in [6.07, 6.45) is 0.642. The fraction of sp³-hybridized carbons (Fsp3) is 0.769. The second kappa shape index (κ2) is 8.58. The number of aliphatic hydroxyl groups is 1. The van der Waals surface area contributed by atoms with E-state index >= 15 is 0 Å². The maximum atomic E-state index is 12.0. The van der Waals surface area contributed by atoms with E-state index in [-0.39, 0.29) is 50.5 Å². The topological polar surface area (TPSA) is 90.4 Å². The van der Waals surface area contributed by atoms with Gasteiger partial charge in [-0.15, -0.1) is 0 Å². The molecule has 1 aliphatic rings. The molecule has 0 aromatic rings. The van der Waals surface area contributed by atoms with Gasteiger partial charge < -0.3 is 19.6 Å². The standard InChI is InChI=1S/C13H23N3O5/c1-14-10-12(19)16(13(14)20)5-3-4-11(18)15(6-8-17)7-9-21-2/h17H,3-10H2,1-2H3. The molecule has 1 fully saturated rings. The van der Waals surface area contributed by atoms with Crippen LogP contribution >= 0.6 is 0 Å². The van der Waals surface area contributed by atoms with Gasteiger partial charge in [-0.2, -0.15) is 0 Å². The van der Waals surface area contributed by atoms with Crippen LogP contribution in [0, 0.1) is 0 Å². The summed E-state index contributed by atoms with van der Waals surface area (Å²) in [5.74, 6) is -0.352. The number of methoxy groups -OCH3 is 1. The first kappa shape index (κ1) is 17.4. The van der Waals surface area contributed by atoms with E-state index in [0.29, 0.717) is 19.6 Å². The molecule has 4 amide bonds. The zero-order valence-corrected chi connectivity index (χ0v) is 12.6. The molecule has 0 aromatic heterocycles. The van der Waals surface area contributed by atoms with Crippen molar-refractivity contribution in [3.63, 3.8) is 0 Å². The minimum atomic E-state index is -0.320. The lowest BCUT2D eigenvalue weighted by molar-refractivity contribution is -0.133. The molecule has 21 heavy (non-hydrogen) atoms. The van der Waals surface area contributed by atoms with Gasteiger partial charge in [0.1, 0.15) is 6.54 Å². The second-order valence-corrected chi connectivity index (χ2v) is 4.88. The van der Waals surface area contributed by atoms with Crippen LogP contribution in [0.4, 0.5) is 4.79 Å². The Morgan fingerprint density at radius 2 is 2.10 bits per heavy atom. The maximum absolute atomic E-state index is 12.0. The predicted octanol–water partition coefficient (Wildman–Crippen LogP) is -0.872. The van der Waals surface area contributed by atoms with Gasteiger partial charge in [0.2, 0.25) is 11.8 Å². The Bertz CT molecular complexity index is 388. The van der Waals surface area contributed by atoms with Gasteiger partial charge in [0.05, 0.1) is 13.2 Å². The van der Waals surface area contributed by atoms with Gasteiger partial charge in [-0.3, -0.25) is 14.5 Å². The summed E-state index contributed by atoms with van der Waals surface area (Å²) in [5, 5.41) is 8.94. The molecule has 0 atom stereocenters. The Morgan fingerprint density at radius 1 is 1.38 bits per heavy atom. The molecule has 120 valence electrons. The van der Waals surface area contributed by atoms with Crippen LogP contribution in [-0.4, -0.2) is 91.2 Å². The molecule has 0 unspecified atom stereocenters. The third kappa shape index (κ3) is 4.98.